The summed E-state index contributed by atoms with van der Waals surface area (Å²) < 4.78 is 30.7. The van der Waals surface area contributed by atoms with Gasteiger partial charge in [0.15, 0.2) is 0 Å². The lowest BCUT2D eigenvalue weighted by Gasteiger charge is -2.14. The summed E-state index contributed by atoms with van der Waals surface area (Å²) in [5.74, 6) is 0.266. The molecule has 8 nitrogen and oxygen atoms in total. The summed E-state index contributed by atoms with van der Waals surface area (Å²) in [7, 11) is 1.81. The molecular formula is C13H15F2N5O3. The van der Waals surface area contributed by atoms with Crippen LogP contribution in [0.2, 0.25) is 0 Å². The average molecular weight is 327 g/mol. The Balaban J connectivity index is 2.11. The Bertz CT molecular complexity index is 692. The Morgan fingerprint density at radius 3 is 2.78 bits per heavy atom. The molecule has 23 heavy (non-hydrogen) atoms. The third kappa shape index (κ3) is 4.11. The molecule has 0 saturated heterocycles. The SMILES string of the molecule is CC(CNc1ccc([N+](=O)[O-])c(OC(F)F)c1)c1nncn1C. The normalized spacial score (nSPS) is 12.2. The first-order chi connectivity index (χ1) is 10.9. The standard InChI is InChI=1S/C13H15F2N5O3/c1-8(12-18-17-7-19(12)2)6-16-9-3-4-10(20(21)22)11(5-9)23-13(14)15/h3-5,7-8,13,16H,6H2,1-2H3. The van der Waals surface area contributed by atoms with Gasteiger partial charge in [-0.15, -0.1) is 10.2 Å². The highest BCUT2D eigenvalue weighted by Gasteiger charge is 2.19. The Kier molecular flexibility index (Phi) is 5.04. The molecule has 2 rings (SSSR count). The molecule has 0 fully saturated rings. The zero-order valence-electron chi connectivity index (χ0n) is 12.4. The van der Waals surface area contributed by atoms with Gasteiger partial charge in [0.25, 0.3) is 0 Å². The molecule has 0 aliphatic heterocycles. The minimum Gasteiger partial charge on any atom is -0.427 e. The van der Waals surface area contributed by atoms with Gasteiger partial charge in [-0.3, -0.25) is 10.1 Å². The van der Waals surface area contributed by atoms with Crippen molar-refractivity contribution in [2.45, 2.75) is 19.5 Å². The highest BCUT2D eigenvalue weighted by atomic mass is 19.3. The number of alkyl halides is 2. The van der Waals surface area contributed by atoms with Crippen LogP contribution in [0.3, 0.4) is 0 Å². The van der Waals surface area contributed by atoms with E-state index in [-0.39, 0.29) is 5.92 Å². The number of ether oxygens (including phenoxy) is 1. The van der Waals surface area contributed by atoms with Crippen LogP contribution in [0.1, 0.15) is 18.7 Å². The first-order valence-electron chi connectivity index (χ1n) is 6.69. The van der Waals surface area contributed by atoms with Crippen LogP contribution in [0.25, 0.3) is 0 Å². The fraction of sp³-hybridized carbons (Fsp3) is 0.385. The number of nitro benzene ring substituents is 1. The van der Waals surface area contributed by atoms with Crippen LogP contribution in [0.4, 0.5) is 20.2 Å². The van der Waals surface area contributed by atoms with Gasteiger partial charge >= 0.3 is 12.3 Å². The van der Waals surface area contributed by atoms with Crippen LogP contribution in [0.15, 0.2) is 24.5 Å². The van der Waals surface area contributed by atoms with Crippen LogP contribution in [-0.4, -0.2) is 32.8 Å². The van der Waals surface area contributed by atoms with Gasteiger partial charge in [0.2, 0.25) is 5.75 Å². The van der Waals surface area contributed by atoms with E-state index in [1.165, 1.54) is 12.1 Å². The van der Waals surface area contributed by atoms with Crippen molar-refractivity contribution in [3.8, 4) is 5.75 Å². The Morgan fingerprint density at radius 2 is 2.22 bits per heavy atom. The first-order valence-corrected chi connectivity index (χ1v) is 6.69. The molecule has 0 aliphatic rings. The summed E-state index contributed by atoms with van der Waals surface area (Å²) in [5.41, 5.74) is -0.0857. The molecule has 1 unspecified atom stereocenters. The van der Waals surface area contributed by atoms with Gasteiger partial charge in [-0.2, -0.15) is 8.78 Å². The number of aryl methyl sites for hydroxylation is 1. The molecule has 1 N–H and O–H groups in total. The zero-order chi connectivity index (χ0) is 17.0. The van der Waals surface area contributed by atoms with Crippen LogP contribution in [-0.2, 0) is 7.05 Å². The van der Waals surface area contributed by atoms with E-state index in [2.05, 4.69) is 20.3 Å². The van der Waals surface area contributed by atoms with E-state index >= 15 is 0 Å². The Hall–Kier alpha value is -2.78. The van der Waals surface area contributed by atoms with Crippen LogP contribution in [0.5, 0.6) is 5.75 Å². The second-order valence-electron chi connectivity index (χ2n) is 4.90. The van der Waals surface area contributed by atoms with Gasteiger partial charge in [0, 0.05) is 37.3 Å². The van der Waals surface area contributed by atoms with Crippen molar-refractivity contribution in [2.75, 3.05) is 11.9 Å². The first kappa shape index (κ1) is 16.6. The number of nitrogens with one attached hydrogen (secondary N) is 1. The van der Waals surface area contributed by atoms with Crippen molar-refractivity contribution >= 4 is 11.4 Å². The molecule has 1 heterocycles. The molecule has 1 atom stereocenters. The number of hydrogen-bond donors (Lipinski definition) is 1. The fourth-order valence-corrected chi connectivity index (χ4v) is 2.07. The van der Waals surface area contributed by atoms with Gasteiger partial charge in [-0.25, -0.2) is 0 Å². The summed E-state index contributed by atoms with van der Waals surface area (Å²) in [4.78, 5) is 10.0. The number of halogens is 2. The third-order valence-corrected chi connectivity index (χ3v) is 3.17. The molecule has 10 heteroatoms. The monoisotopic (exact) mass is 327 g/mol. The van der Waals surface area contributed by atoms with Crippen LogP contribution >= 0.6 is 0 Å². The number of nitrogens with zero attached hydrogens (tertiary/aromatic N) is 4. The minimum absolute atomic E-state index is 0.00263. The highest BCUT2D eigenvalue weighted by molar-refractivity contribution is 5.58. The minimum atomic E-state index is -3.14. The van der Waals surface area contributed by atoms with E-state index in [0.717, 1.165) is 11.9 Å². The molecule has 0 aliphatic carbocycles. The maximum Gasteiger partial charge on any atom is 0.387 e. The largest absolute Gasteiger partial charge is 0.427 e. The number of rotatable bonds is 7. The second-order valence-corrected chi connectivity index (χ2v) is 4.90. The zero-order valence-corrected chi connectivity index (χ0v) is 12.4. The maximum atomic E-state index is 12.4. The number of aromatic nitrogens is 3. The smallest absolute Gasteiger partial charge is 0.387 e. The fourth-order valence-electron chi connectivity index (χ4n) is 2.07. The van der Waals surface area contributed by atoms with E-state index in [4.69, 9.17) is 0 Å². The van der Waals surface area contributed by atoms with E-state index in [1.54, 1.807) is 10.9 Å². The van der Waals surface area contributed by atoms with Crippen LogP contribution < -0.4 is 10.1 Å². The predicted octanol–water partition coefficient (Wildman–Crippen LogP) is 2.54. The summed E-state index contributed by atoms with van der Waals surface area (Å²) >= 11 is 0. The number of benzene rings is 1. The molecule has 1 aromatic carbocycles. The number of hydrogen-bond acceptors (Lipinski definition) is 6. The Labute approximate surface area is 130 Å². The van der Waals surface area contributed by atoms with E-state index in [1.807, 2.05) is 14.0 Å². The molecular weight excluding hydrogens is 312 g/mol. The van der Waals surface area contributed by atoms with Gasteiger partial charge < -0.3 is 14.6 Å². The quantitative estimate of drug-likeness (QED) is 0.620. The number of anilines is 1. The van der Waals surface area contributed by atoms with Gasteiger partial charge in [0.1, 0.15) is 12.2 Å². The molecule has 0 bridgehead atoms. The molecule has 0 saturated carbocycles. The lowest BCUT2D eigenvalue weighted by molar-refractivity contribution is -0.386. The van der Waals surface area contributed by atoms with E-state index in [9.17, 15) is 18.9 Å². The summed E-state index contributed by atoms with van der Waals surface area (Å²) in [6.07, 6.45) is 1.58. The molecule has 0 spiro atoms. The van der Waals surface area contributed by atoms with Crippen molar-refractivity contribution < 1.29 is 18.4 Å². The van der Waals surface area contributed by atoms with Gasteiger partial charge in [0.05, 0.1) is 4.92 Å². The average Bonchev–Trinajstić information content (AvgIpc) is 2.90. The van der Waals surface area contributed by atoms with E-state index in [0.29, 0.717) is 12.2 Å². The van der Waals surface area contributed by atoms with Crippen molar-refractivity contribution in [3.05, 3.63) is 40.5 Å². The molecule has 124 valence electrons. The third-order valence-electron chi connectivity index (χ3n) is 3.17. The predicted molar refractivity (Wildman–Crippen MR) is 77.6 cm³/mol. The lowest BCUT2D eigenvalue weighted by Crippen LogP contribution is -2.14. The topological polar surface area (TPSA) is 95.1 Å². The second kappa shape index (κ2) is 6.99. The molecule has 2 aromatic rings. The van der Waals surface area contributed by atoms with E-state index < -0.39 is 23.0 Å². The summed E-state index contributed by atoms with van der Waals surface area (Å²) in [5, 5.41) is 21.6. The maximum absolute atomic E-state index is 12.4. The molecule has 0 radical (unpaired) electrons. The highest BCUT2D eigenvalue weighted by Crippen LogP contribution is 2.31. The molecule has 1 aromatic heterocycles. The summed E-state index contributed by atoms with van der Waals surface area (Å²) in [6.45, 7) is -0.779. The van der Waals surface area contributed by atoms with Gasteiger partial charge in [-0.1, -0.05) is 6.92 Å². The van der Waals surface area contributed by atoms with Crippen molar-refractivity contribution in [1.29, 1.82) is 0 Å². The van der Waals surface area contributed by atoms with Gasteiger partial charge in [-0.05, 0) is 6.07 Å². The van der Waals surface area contributed by atoms with Crippen molar-refractivity contribution in [1.82, 2.24) is 14.8 Å². The lowest BCUT2D eigenvalue weighted by atomic mass is 10.1. The summed E-state index contributed by atoms with van der Waals surface area (Å²) in [6, 6.07) is 3.72. The number of nitro groups is 1. The Morgan fingerprint density at radius 1 is 1.48 bits per heavy atom. The molecule has 0 amide bonds. The van der Waals surface area contributed by atoms with Crippen molar-refractivity contribution in [3.63, 3.8) is 0 Å². The van der Waals surface area contributed by atoms with Crippen LogP contribution in [0, 0.1) is 10.1 Å². The van der Waals surface area contributed by atoms with Crippen molar-refractivity contribution in [2.24, 2.45) is 7.05 Å².